The number of ether oxygens (including phenoxy) is 1. The number of hydrogen-bond donors (Lipinski definition) is 3. The van der Waals surface area contributed by atoms with Gasteiger partial charge in [-0.1, -0.05) is 60.7 Å². The van der Waals surface area contributed by atoms with Crippen LogP contribution in [-0.4, -0.2) is 57.0 Å². The summed E-state index contributed by atoms with van der Waals surface area (Å²) < 4.78 is 31.7. The SMILES string of the molecule is COc1ccccc1-c1ccc(C[C@H](NCC2(S(=O)(=O)c3ccccc3)CCNCC2)C(=O)O)cc1. The summed E-state index contributed by atoms with van der Waals surface area (Å²) in [7, 11) is -2.04. The van der Waals surface area contributed by atoms with Gasteiger partial charge in [0.05, 0.1) is 16.8 Å². The molecule has 36 heavy (non-hydrogen) atoms. The molecule has 1 atom stereocenters. The second kappa shape index (κ2) is 11.2. The van der Waals surface area contributed by atoms with E-state index in [9.17, 15) is 18.3 Å². The lowest BCUT2D eigenvalue weighted by Gasteiger charge is -2.38. The van der Waals surface area contributed by atoms with Gasteiger partial charge in [0, 0.05) is 12.1 Å². The third kappa shape index (κ3) is 5.46. The molecule has 4 rings (SSSR count). The van der Waals surface area contributed by atoms with Crippen LogP contribution in [0.4, 0.5) is 0 Å². The van der Waals surface area contributed by atoms with E-state index < -0.39 is 26.6 Å². The van der Waals surface area contributed by atoms with Crippen molar-refractivity contribution in [3.05, 3.63) is 84.4 Å². The van der Waals surface area contributed by atoms with E-state index in [0.29, 0.717) is 25.9 Å². The summed E-state index contributed by atoms with van der Waals surface area (Å²) in [6, 6.07) is 22.9. The summed E-state index contributed by atoms with van der Waals surface area (Å²) in [6.45, 7) is 1.20. The quantitative estimate of drug-likeness (QED) is 0.385. The van der Waals surface area contributed by atoms with Gasteiger partial charge in [0.25, 0.3) is 0 Å². The van der Waals surface area contributed by atoms with Crippen molar-refractivity contribution >= 4 is 15.8 Å². The van der Waals surface area contributed by atoms with Crippen LogP contribution >= 0.6 is 0 Å². The summed E-state index contributed by atoms with van der Waals surface area (Å²) in [5.41, 5.74) is 2.77. The molecule has 3 aromatic carbocycles. The van der Waals surface area contributed by atoms with E-state index in [2.05, 4.69) is 10.6 Å². The Morgan fingerprint density at radius 3 is 2.28 bits per heavy atom. The second-order valence-corrected chi connectivity index (χ2v) is 11.5. The first-order valence-electron chi connectivity index (χ1n) is 12.1. The van der Waals surface area contributed by atoms with Gasteiger partial charge in [-0.15, -0.1) is 0 Å². The van der Waals surface area contributed by atoms with Gasteiger partial charge >= 0.3 is 5.97 Å². The maximum Gasteiger partial charge on any atom is 0.321 e. The molecule has 1 aliphatic heterocycles. The number of methoxy groups -OCH3 is 1. The summed E-state index contributed by atoms with van der Waals surface area (Å²) in [5, 5.41) is 16.2. The molecule has 0 aliphatic carbocycles. The fraction of sp³-hybridized carbons (Fsp3) is 0.321. The minimum absolute atomic E-state index is 0.0716. The number of carboxylic acids is 1. The smallest absolute Gasteiger partial charge is 0.321 e. The zero-order valence-electron chi connectivity index (χ0n) is 20.3. The molecular formula is C28H32N2O5S. The molecule has 8 heteroatoms. The van der Waals surface area contributed by atoms with Crippen LogP contribution in [0.5, 0.6) is 5.75 Å². The third-order valence-electron chi connectivity index (χ3n) is 6.92. The Labute approximate surface area is 212 Å². The van der Waals surface area contributed by atoms with E-state index in [-0.39, 0.29) is 17.9 Å². The average Bonchev–Trinajstić information content (AvgIpc) is 2.92. The van der Waals surface area contributed by atoms with E-state index in [1.165, 1.54) is 0 Å². The minimum Gasteiger partial charge on any atom is -0.496 e. The molecule has 190 valence electrons. The highest BCUT2D eigenvalue weighted by atomic mass is 32.2. The van der Waals surface area contributed by atoms with Gasteiger partial charge in [-0.05, 0) is 61.7 Å². The van der Waals surface area contributed by atoms with Crippen LogP contribution in [-0.2, 0) is 21.1 Å². The molecule has 0 saturated carbocycles. The number of nitrogens with one attached hydrogen (secondary N) is 2. The van der Waals surface area contributed by atoms with Crippen molar-refractivity contribution in [2.24, 2.45) is 0 Å². The molecular weight excluding hydrogens is 476 g/mol. The zero-order chi connectivity index (χ0) is 25.6. The van der Waals surface area contributed by atoms with E-state index in [4.69, 9.17) is 4.74 Å². The van der Waals surface area contributed by atoms with Crippen molar-refractivity contribution in [2.75, 3.05) is 26.7 Å². The van der Waals surface area contributed by atoms with Crippen molar-refractivity contribution in [3.8, 4) is 16.9 Å². The Balaban J connectivity index is 1.52. The van der Waals surface area contributed by atoms with Crippen LogP contribution in [0.25, 0.3) is 11.1 Å². The van der Waals surface area contributed by atoms with Crippen molar-refractivity contribution < 1.29 is 23.1 Å². The highest BCUT2D eigenvalue weighted by Gasteiger charge is 2.45. The topological polar surface area (TPSA) is 105 Å². The highest BCUT2D eigenvalue weighted by molar-refractivity contribution is 7.92. The lowest BCUT2D eigenvalue weighted by Crippen LogP contribution is -2.56. The van der Waals surface area contributed by atoms with E-state index >= 15 is 0 Å². The number of benzene rings is 3. The molecule has 0 aromatic heterocycles. The van der Waals surface area contributed by atoms with Crippen molar-refractivity contribution in [2.45, 2.75) is 34.9 Å². The van der Waals surface area contributed by atoms with E-state index in [1.807, 2.05) is 48.5 Å². The standard InChI is InChI=1S/C28H32N2O5S/c1-35-26-10-6-5-9-24(26)22-13-11-21(12-14-22)19-25(27(31)32)30-20-28(15-17-29-18-16-28)36(33,34)23-7-3-2-4-8-23/h2-14,25,29-30H,15-20H2,1H3,(H,31,32)/t25-/m0/s1. The zero-order valence-corrected chi connectivity index (χ0v) is 21.1. The number of sulfone groups is 1. The van der Waals surface area contributed by atoms with E-state index in [0.717, 1.165) is 22.4 Å². The number of piperidine rings is 1. The number of hydrogen-bond acceptors (Lipinski definition) is 6. The maximum atomic E-state index is 13.6. The average molecular weight is 509 g/mol. The maximum absolute atomic E-state index is 13.6. The predicted molar refractivity (Wildman–Crippen MR) is 140 cm³/mol. The molecule has 0 bridgehead atoms. The van der Waals surface area contributed by atoms with Crippen molar-refractivity contribution in [3.63, 3.8) is 0 Å². The molecule has 3 N–H and O–H groups in total. The van der Waals surface area contributed by atoms with Crippen LogP contribution in [0.1, 0.15) is 18.4 Å². The second-order valence-electron chi connectivity index (χ2n) is 9.12. The fourth-order valence-corrected chi connectivity index (χ4v) is 6.80. The fourth-order valence-electron chi connectivity index (χ4n) is 4.77. The minimum atomic E-state index is -3.67. The van der Waals surface area contributed by atoms with Crippen LogP contribution in [0.2, 0.25) is 0 Å². The Hall–Kier alpha value is -3.20. The van der Waals surface area contributed by atoms with Gasteiger partial charge in [0.1, 0.15) is 11.8 Å². The van der Waals surface area contributed by atoms with Gasteiger partial charge in [0.2, 0.25) is 0 Å². The predicted octanol–water partition coefficient (Wildman–Crippen LogP) is 3.54. The highest BCUT2D eigenvalue weighted by Crippen LogP contribution is 2.34. The molecule has 0 spiro atoms. The lowest BCUT2D eigenvalue weighted by molar-refractivity contribution is -0.139. The van der Waals surface area contributed by atoms with Crippen molar-refractivity contribution in [1.29, 1.82) is 0 Å². The Bertz CT molecular complexity index is 1270. The van der Waals surface area contributed by atoms with Crippen LogP contribution in [0.15, 0.2) is 83.8 Å². The largest absolute Gasteiger partial charge is 0.496 e. The Kier molecular flexibility index (Phi) is 8.08. The van der Waals surface area contributed by atoms with Gasteiger partial charge < -0.3 is 20.5 Å². The first-order chi connectivity index (χ1) is 17.4. The summed E-state index contributed by atoms with van der Waals surface area (Å²) >= 11 is 0. The third-order valence-corrected chi connectivity index (χ3v) is 9.50. The number of rotatable bonds is 10. The summed E-state index contributed by atoms with van der Waals surface area (Å²) in [5.74, 6) is -0.243. The number of para-hydroxylation sites is 1. The van der Waals surface area contributed by atoms with Crippen LogP contribution < -0.4 is 15.4 Å². The molecule has 1 saturated heterocycles. The molecule has 0 unspecified atom stereocenters. The van der Waals surface area contributed by atoms with Crippen LogP contribution in [0.3, 0.4) is 0 Å². The number of carboxylic acid groups (broad SMARTS) is 1. The van der Waals surface area contributed by atoms with Gasteiger partial charge in [-0.2, -0.15) is 0 Å². The Morgan fingerprint density at radius 1 is 1.00 bits per heavy atom. The first kappa shape index (κ1) is 25.9. The molecule has 7 nitrogen and oxygen atoms in total. The number of carbonyl (C=O) groups is 1. The molecule has 1 fully saturated rings. The monoisotopic (exact) mass is 508 g/mol. The van der Waals surface area contributed by atoms with Gasteiger partial charge in [-0.25, -0.2) is 8.42 Å². The first-order valence-corrected chi connectivity index (χ1v) is 13.5. The van der Waals surface area contributed by atoms with Gasteiger partial charge in [0.15, 0.2) is 9.84 Å². The van der Waals surface area contributed by atoms with Crippen molar-refractivity contribution in [1.82, 2.24) is 10.6 Å². The van der Waals surface area contributed by atoms with Gasteiger partial charge in [-0.3, -0.25) is 4.79 Å². The summed E-state index contributed by atoms with van der Waals surface area (Å²) in [6.07, 6.45) is 1.07. The molecule has 0 amide bonds. The number of aliphatic carboxylic acids is 1. The van der Waals surface area contributed by atoms with Crippen LogP contribution in [0, 0.1) is 0 Å². The normalized spacial score (nSPS) is 16.2. The molecule has 1 aliphatic rings. The molecule has 0 radical (unpaired) electrons. The van der Waals surface area contributed by atoms with E-state index in [1.54, 1.807) is 37.4 Å². The molecule has 1 heterocycles. The summed E-state index contributed by atoms with van der Waals surface area (Å²) in [4.78, 5) is 12.4. The molecule has 3 aromatic rings. The lowest BCUT2D eigenvalue weighted by atomic mass is 9.95. The Morgan fingerprint density at radius 2 is 1.64 bits per heavy atom.